The first kappa shape index (κ1) is 21.1. The molecule has 0 atom stereocenters. The summed E-state index contributed by atoms with van der Waals surface area (Å²) in [6.45, 7) is -0.619. The Bertz CT molecular complexity index is 1110. The summed E-state index contributed by atoms with van der Waals surface area (Å²) in [5.41, 5.74) is 0.308. The van der Waals surface area contributed by atoms with Crippen LogP contribution in [0.5, 0.6) is 0 Å². The minimum Gasteiger partial charge on any atom is -0.451 e. The molecule has 0 saturated carbocycles. The predicted molar refractivity (Wildman–Crippen MR) is 106 cm³/mol. The topological polar surface area (TPSA) is 111 Å². The van der Waals surface area contributed by atoms with Gasteiger partial charge in [-0.3, -0.25) is 9.59 Å². The van der Waals surface area contributed by atoms with Crippen molar-refractivity contribution < 1.29 is 23.8 Å². The quantitative estimate of drug-likeness (QED) is 0.534. The van der Waals surface area contributed by atoms with Crippen LogP contribution in [0.2, 0.25) is 0 Å². The lowest BCUT2D eigenvalue weighted by Gasteiger charge is -2.10. The van der Waals surface area contributed by atoms with Crippen LogP contribution in [0, 0.1) is 5.82 Å². The lowest BCUT2D eigenvalue weighted by atomic mass is 10.1. The molecule has 2 aromatic carbocycles. The average Bonchev–Trinajstić information content (AvgIpc) is 2.75. The number of aliphatic hydroxyl groups excluding tert-OH is 1. The standard InChI is InChI=1S/C21H20FN3O5/c22-15-7-5-14(6-8-15)9-10-23-18(27)13-30-21(29)19-16-3-1-2-4-17(16)20(28)25(24-19)11-12-26/h1-8,26H,9-13H2,(H,23,27). The third-order valence-corrected chi connectivity index (χ3v) is 4.36. The van der Waals surface area contributed by atoms with Gasteiger partial charge in [-0.1, -0.05) is 30.3 Å². The molecule has 0 saturated heterocycles. The molecule has 0 fully saturated rings. The van der Waals surface area contributed by atoms with Gasteiger partial charge in [0, 0.05) is 11.9 Å². The summed E-state index contributed by atoms with van der Waals surface area (Å²) in [5, 5.41) is 16.3. The van der Waals surface area contributed by atoms with Gasteiger partial charge in [0.05, 0.1) is 18.5 Å². The SMILES string of the molecule is O=C(COC(=O)c1nn(CCO)c(=O)c2ccccc12)NCCc1ccc(F)cc1. The molecule has 2 N–H and O–H groups in total. The molecule has 8 nitrogen and oxygen atoms in total. The molecule has 1 heterocycles. The van der Waals surface area contributed by atoms with Crippen molar-refractivity contribution in [3.63, 3.8) is 0 Å². The van der Waals surface area contributed by atoms with Crippen LogP contribution in [-0.4, -0.2) is 46.5 Å². The summed E-state index contributed by atoms with van der Waals surface area (Å²) in [5.74, 6) is -1.69. The lowest BCUT2D eigenvalue weighted by Crippen LogP contribution is -2.31. The number of carbonyl (C=O) groups is 2. The first-order chi connectivity index (χ1) is 14.5. The molecule has 9 heteroatoms. The Morgan fingerprint density at radius 2 is 1.80 bits per heavy atom. The molecule has 0 unspecified atom stereocenters. The van der Waals surface area contributed by atoms with Gasteiger partial charge in [-0.05, 0) is 30.2 Å². The van der Waals surface area contributed by atoms with E-state index < -0.39 is 24.0 Å². The van der Waals surface area contributed by atoms with Crippen LogP contribution >= 0.6 is 0 Å². The van der Waals surface area contributed by atoms with E-state index in [2.05, 4.69) is 10.4 Å². The molecule has 30 heavy (non-hydrogen) atoms. The van der Waals surface area contributed by atoms with Crippen molar-refractivity contribution in [3.05, 3.63) is 76.0 Å². The van der Waals surface area contributed by atoms with Crippen molar-refractivity contribution in [2.45, 2.75) is 13.0 Å². The lowest BCUT2D eigenvalue weighted by molar-refractivity contribution is -0.124. The molecular formula is C21H20FN3O5. The Balaban J connectivity index is 1.62. The number of nitrogens with one attached hydrogen (secondary N) is 1. The zero-order valence-corrected chi connectivity index (χ0v) is 16.0. The van der Waals surface area contributed by atoms with Crippen LogP contribution in [0.4, 0.5) is 4.39 Å². The summed E-state index contributed by atoms with van der Waals surface area (Å²) in [7, 11) is 0. The second-order valence-electron chi connectivity index (χ2n) is 6.45. The zero-order valence-electron chi connectivity index (χ0n) is 16.0. The van der Waals surface area contributed by atoms with Gasteiger partial charge in [0.1, 0.15) is 5.82 Å². The second kappa shape index (κ2) is 9.75. The van der Waals surface area contributed by atoms with Crippen molar-refractivity contribution in [1.29, 1.82) is 0 Å². The second-order valence-corrected chi connectivity index (χ2v) is 6.45. The maximum absolute atomic E-state index is 12.9. The van der Waals surface area contributed by atoms with Crippen LogP contribution in [0.3, 0.4) is 0 Å². The number of amides is 1. The average molecular weight is 413 g/mol. The Labute approximate surface area is 170 Å². The van der Waals surface area contributed by atoms with E-state index in [-0.39, 0.29) is 30.0 Å². The summed E-state index contributed by atoms with van der Waals surface area (Å²) >= 11 is 0. The Morgan fingerprint density at radius 1 is 1.10 bits per heavy atom. The zero-order chi connectivity index (χ0) is 21.5. The van der Waals surface area contributed by atoms with E-state index in [0.29, 0.717) is 18.4 Å². The van der Waals surface area contributed by atoms with Crippen molar-refractivity contribution in [1.82, 2.24) is 15.1 Å². The van der Waals surface area contributed by atoms with E-state index in [1.807, 2.05) is 0 Å². The van der Waals surface area contributed by atoms with Crippen molar-refractivity contribution >= 4 is 22.6 Å². The van der Waals surface area contributed by atoms with Crippen LogP contribution in [0.15, 0.2) is 53.3 Å². The van der Waals surface area contributed by atoms with E-state index in [4.69, 9.17) is 9.84 Å². The molecule has 3 rings (SSSR count). The number of hydrogen-bond acceptors (Lipinski definition) is 6. The third-order valence-electron chi connectivity index (χ3n) is 4.36. The summed E-state index contributed by atoms with van der Waals surface area (Å²) < 4.78 is 18.9. The predicted octanol–water partition coefficient (Wildman–Crippen LogP) is 1.04. The Hall–Kier alpha value is -3.59. The van der Waals surface area contributed by atoms with Gasteiger partial charge in [-0.25, -0.2) is 13.9 Å². The fourth-order valence-electron chi connectivity index (χ4n) is 2.88. The molecule has 0 aliphatic rings. The first-order valence-electron chi connectivity index (χ1n) is 9.28. The number of halogens is 1. The fourth-order valence-corrected chi connectivity index (χ4v) is 2.88. The molecule has 1 amide bonds. The number of esters is 1. The number of aromatic nitrogens is 2. The summed E-state index contributed by atoms with van der Waals surface area (Å²) in [4.78, 5) is 36.8. The van der Waals surface area contributed by atoms with E-state index in [9.17, 15) is 18.8 Å². The highest BCUT2D eigenvalue weighted by atomic mass is 19.1. The maximum Gasteiger partial charge on any atom is 0.359 e. The number of benzene rings is 2. The van der Waals surface area contributed by atoms with Crippen molar-refractivity contribution in [2.75, 3.05) is 19.8 Å². The highest BCUT2D eigenvalue weighted by molar-refractivity contribution is 6.02. The van der Waals surface area contributed by atoms with E-state index in [1.165, 1.54) is 12.1 Å². The Morgan fingerprint density at radius 3 is 2.50 bits per heavy atom. The molecule has 156 valence electrons. The maximum atomic E-state index is 12.9. The highest BCUT2D eigenvalue weighted by Gasteiger charge is 2.18. The minimum absolute atomic E-state index is 0.0756. The van der Waals surface area contributed by atoms with Crippen molar-refractivity contribution in [2.24, 2.45) is 0 Å². The van der Waals surface area contributed by atoms with Gasteiger partial charge in [0.25, 0.3) is 11.5 Å². The monoisotopic (exact) mass is 413 g/mol. The minimum atomic E-state index is -0.855. The molecule has 1 aromatic heterocycles. The summed E-state index contributed by atoms with van der Waals surface area (Å²) in [6, 6.07) is 12.3. The van der Waals surface area contributed by atoms with E-state index >= 15 is 0 Å². The van der Waals surface area contributed by atoms with E-state index in [0.717, 1.165) is 10.2 Å². The van der Waals surface area contributed by atoms with Gasteiger partial charge in [-0.15, -0.1) is 0 Å². The van der Waals surface area contributed by atoms with E-state index in [1.54, 1.807) is 36.4 Å². The molecule has 0 aliphatic heterocycles. The third kappa shape index (κ3) is 5.06. The number of fused-ring (bicyclic) bond motifs is 1. The number of aliphatic hydroxyl groups is 1. The number of nitrogens with zero attached hydrogens (tertiary/aromatic N) is 2. The smallest absolute Gasteiger partial charge is 0.359 e. The molecule has 0 bridgehead atoms. The van der Waals surface area contributed by atoms with Crippen LogP contribution < -0.4 is 10.9 Å². The van der Waals surface area contributed by atoms with Gasteiger partial charge in [-0.2, -0.15) is 5.10 Å². The molecular weight excluding hydrogens is 393 g/mol. The van der Waals surface area contributed by atoms with Crippen LogP contribution in [0.25, 0.3) is 10.8 Å². The molecule has 0 aliphatic carbocycles. The molecule has 0 radical (unpaired) electrons. The van der Waals surface area contributed by atoms with Gasteiger partial charge in [0.2, 0.25) is 0 Å². The van der Waals surface area contributed by atoms with Crippen LogP contribution in [-0.2, 0) is 22.5 Å². The molecule has 0 spiro atoms. The highest BCUT2D eigenvalue weighted by Crippen LogP contribution is 2.14. The number of carbonyl (C=O) groups excluding carboxylic acids is 2. The number of ether oxygens (including phenoxy) is 1. The summed E-state index contributed by atoms with van der Waals surface area (Å²) in [6.07, 6.45) is 0.498. The fraction of sp³-hybridized carbons (Fsp3) is 0.238. The number of rotatable bonds is 8. The van der Waals surface area contributed by atoms with Crippen molar-refractivity contribution in [3.8, 4) is 0 Å². The van der Waals surface area contributed by atoms with Gasteiger partial charge in [0.15, 0.2) is 12.3 Å². The number of hydrogen-bond donors (Lipinski definition) is 2. The first-order valence-corrected chi connectivity index (χ1v) is 9.28. The normalized spacial score (nSPS) is 10.7. The molecule has 3 aromatic rings. The largest absolute Gasteiger partial charge is 0.451 e. The van der Waals surface area contributed by atoms with Gasteiger partial charge < -0.3 is 15.2 Å². The van der Waals surface area contributed by atoms with Gasteiger partial charge >= 0.3 is 5.97 Å². The Kier molecular flexibility index (Phi) is 6.87. The van der Waals surface area contributed by atoms with Crippen LogP contribution in [0.1, 0.15) is 16.1 Å².